The first-order valence-corrected chi connectivity index (χ1v) is 10.3. The molecule has 0 unspecified atom stereocenters. The van der Waals surface area contributed by atoms with Crippen molar-refractivity contribution in [2.45, 2.75) is 71.8 Å². The number of rotatable bonds is 10. The van der Waals surface area contributed by atoms with Crippen LogP contribution in [0, 0.1) is 0 Å². The number of fused-ring (bicyclic) bond motifs is 1. The minimum absolute atomic E-state index is 0.559. The molecule has 0 saturated heterocycles. The number of hydrogen-bond donors (Lipinski definition) is 1. The van der Waals surface area contributed by atoms with Crippen LogP contribution in [0.15, 0.2) is 24.3 Å². The number of H-pyrrole nitrogens is 1. The molecule has 2 heterocycles. The molecule has 2 aromatic heterocycles. The van der Waals surface area contributed by atoms with Crippen LogP contribution < -0.4 is 0 Å². The highest BCUT2D eigenvalue weighted by Gasteiger charge is 2.19. The van der Waals surface area contributed by atoms with E-state index in [1.54, 1.807) is 0 Å². The molecule has 0 bridgehead atoms. The van der Waals surface area contributed by atoms with Crippen molar-refractivity contribution < 1.29 is 0 Å². The second-order valence-corrected chi connectivity index (χ2v) is 7.30. The molecule has 1 N–H and O–H groups in total. The van der Waals surface area contributed by atoms with Gasteiger partial charge in [0.05, 0.1) is 11.0 Å². The van der Waals surface area contributed by atoms with E-state index in [0.29, 0.717) is 5.15 Å². The van der Waals surface area contributed by atoms with Crippen molar-refractivity contribution in [3.8, 4) is 11.5 Å². The smallest absolute Gasteiger partial charge is 0.158 e. The molecule has 26 heavy (non-hydrogen) atoms. The number of benzene rings is 1. The summed E-state index contributed by atoms with van der Waals surface area (Å²) in [5.74, 6) is 1.91. The van der Waals surface area contributed by atoms with Gasteiger partial charge in [-0.15, -0.1) is 0 Å². The van der Waals surface area contributed by atoms with Gasteiger partial charge in [0, 0.05) is 13.0 Å². The lowest BCUT2D eigenvalue weighted by Gasteiger charge is -2.11. The average Bonchev–Trinajstić information content (AvgIpc) is 3.20. The molecule has 5 heteroatoms. The van der Waals surface area contributed by atoms with E-state index in [0.717, 1.165) is 60.6 Å². The molecule has 0 radical (unpaired) electrons. The Kier molecular flexibility index (Phi) is 6.73. The van der Waals surface area contributed by atoms with Crippen molar-refractivity contribution in [1.29, 1.82) is 0 Å². The zero-order chi connectivity index (χ0) is 18.4. The predicted molar refractivity (Wildman–Crippen MR) is 110 cm³/mol. The standard InChI is InChI=1S/C21H29ClN4/c1-3-5-7-8-11-15-26-18(14-6-4-2)25-20(22)19(26)21-23-16-12-9-10-13-17(16)24-21/h9-10,12-13H,3-8,11,14-15H2,1-2H3,(H,23,24). The molecule has 0 fully saturated rings. The molecule has 0 amide bonds. The van der Waals surface area contributed by atoms with Gasteiger partial charge in [-0.05, 0) is 25.0 Å². The van der Waals surface area contributed by atoms with Crippen molar-refractivity contribution in [3.05, 3.63) is 35.2 Å². The van der Waals surface area contributed by atoms with Crippen molar-refractivity contribution >= 4 is 22.6 Å². The van der Waals surface area contributed by atoms with E-state index in [4.69, 9.17) is 16.6 Å². The van der Waals surface area contributed by atoms with E-state index in [-0.39, 0.29) is 0 Å². The van der Waals surface area contributed by atoms with Crippen LogP contribution >= 0.6 is 11.6 Å². The Morgan fingerprint density at radius 3 is 2.50 bits per heavy atom. The van der Waals surface area contributed by atoms with Crippen LogP contribution in [-0.2, 0) is 13.0 Å². The second kappa shape index (κ2) is 9.22. The third-order valence-electron chi connectivity index (χ3n) is 4.86. The second-order valence-electron chi connectivity index (χ2n) is 6.94. The third kappa shape index (κ3) is 4.29. The number of hydrogen-bond acceptors (Lipinski definition) is 2. The molecule has 0 aliphatic carbocycles. The molecular formula is C21H29ClN4. The highest BCUT2D eigenvalue weighted by Crippen LogP contribution is 2.30. The maximum Gasteiger partial charge on any atom is 0.158 e. The largest absolute Gasteiger partial charge is 0.337 e. The SMILES string of the molecule is CCCCCCCn1c(CCCC)nc(Cl)c1-c1nc2ccccc2[nH]1. The van der Waals surface area contributed by atoms with Gasteiger partial charge < -0.3 is 9.55 Å². The zero-order valence-corrected chi connectivity index (χ0v) is 16.6. The summed E-state index contributed by atoms with van der Waals surface area (Å²) >= 11 is 6.56. The normalized spacial score (nSPS) is 11.5. The highest BCUT2D eigenvalue weighted by molar-refractivity contribution is 6.31. The van der Waals surface area contributed by atoms with Crippen LogP contribution in [0.25, 0.3) is 22.6 Å². The summed E-state index contributed by atoms with van der Waals surface area (Å²) in [5, 5.41) is 0.559. The zero-order valence-electron chi connectivity index (χ0n) is 15.9. The first-order chi connectivity index (χ1) is 12.7. The number of halogens is 1. The van der Waals surface area contributed by atoms with Crippen molar-refractivity contribution in [2.24, 2.45) is 0 Å². The molecule has 3 aromatic rings. The van der Waals surface area contributed by atoms with E-state index in [1.165, 1.54) is 25.7 Å². The highest BCUT2D eigenvalue weighted by atomic mass is 35.5. The van der Waals surface area contributed by atoms with Crippen molar-refractivity contribution in [2.75, 3.05) is 0 Å². The van der Waals surface area contributed by atoms with E-state index in [9.17, 15) is 0 Å². The van der Waals surface area contributed by atoms with Gasteiger partial charge in [0.2, 0.25) is 0 Å². The van der Waals surface area contributed by atoms with Gasteiger partial charge in [-0.2, -0.15) is 0 Å². The van der Waals surface area contributed by atoms with Crippen LogP contribution in [0.1, 0.15) is 64.6 Å². The Morgan fingerprint density at radius 2 is 1.73 bits per heavy atom. The number of para-hydroxylation sites is 2. The van der Waals surface area contributed by atoms with E-state index in [1.807, 2.05) is 24.3 Å². The number of imidazole rings is 2. The number of aromatic nitrogens is 4. The molecule has 0 aliphatic rings. The van der Waals surface area contributed by atoms with Gasteiger partial charge in [0.1, 0.15) is 11.5 Å². The minimum Gasteiger partial charge on any atom is -0.337 e. The van der Waals surface area contributed by atoms with Crippen LogP contribution in [0.5, 0.6) is 0 Å². The Bertz CT molecular complexity index is 801. The number of aromatic amines is 1. The molecule has 0 saturated carbocycles. The number of unbranched alkanes of at least 4 members (excludes halogenated alkanes) is 5. The molecular weight excluding hydrogens is 344 g/mol. The maximum absolute atomic E-state index is 6.56. The first kappa shape index (κ1) is 19.0. The van der Waals surface area contributed by atoms with Crippen LogP contribution in [-0.4, -0.2) is 19.5 Å². The molecule has 140 valence electrons. The minimum atomic E-state index is 0.559. The number of aryl methyl sites for hydroxylation is 1. The molecule has 4 nitrogen and oxygen atoms in total. The summed E-state index contributed by atoms with van der Waals surface area (Å²) in [5.41, 5.74) is 2.93. The topological polar surface area (TPSA) is 46.5 Å². The average molecular weight is 373 g/mol. The Morgan fingerprint density at radius 1 is 0.962 bits per heavy atom. The van der Waals surface area contributed by atoms with Crippen LogP contribution in [0.4, 0.5) is 0 Å². The van der Waals surface area contributed by atoms with Crippen LogP contribution in [0.2, 0.25) is 5.15 Å². The lowest BCUT2D eigenvalue weighted by molar-refractivity contribution is 0.551. The molecule has 0 aliphatic heterocycles. The summed E-state index contributed by atoms with van der Waals surface area (Å²) < 4.78 is 2.29. The Hall–Kier alpha value is -1.81. The fraction of sp³-hybridized carbons (Fsp3) is 0.524. The van der Waals surface area contributed by atoms with Crippen molar-refractivity contribution in [1.82, 2.24) is 19.5 Å². The lowest BCUT2D eigenvalue weighted by Crippen LogP contribution is -2.07. The van der Waals surface area contributed by atoms with E-state index < -0.39 is 0 Å². The van der Waals surface area contributed by atoms with Crippen molar-refractivity contribution in [3.63, 3.8) is 0 Å². The Balaban J connectivity index is 1.90. The van der Waals surface area contributed by atoms with E-state index in [2.05, 4.69) is 28.4 Å². The summed E-state index contributed by atoms with van der Waals surface area (Å²) in [6.07, 6.45) is 9.51. The summed E-state index contributed by atoms with van der Waals surface area (Å²) in [6.45, 7) is 5.41. The quantitative estimate of drug-likeness (QED) is 0.419. The summed E-state index contributed by atoms with van der Waals surface area (Å²) in [7, 11) is 0. The first-order valence-electron chi connectivity index (χ1n) is 9.94. The van der Waals surface area contributed by atoms with Gasteiger partial charge in [-0.1, -0.05) is 69.7 Å². The van der Waals surface area contributed by atoms with Crippen LogP contribution in [0.3, 0.4) is 0 Å². The van der Waals surface area contributed by atoms with Gasteiger partial charge in [0.15, 0.2) is 11.0 Å². The fourth-order valence-corrected chi connectivity index (χ4v) is 3.69. The van der Waals surface area contributed by atoms with Gasteiger partial charge in [0.25, 0.3) is 0 Å². The predicted octanol–water partition coefficient (Wildman–Crippen LogP) is 6.39. The molecule has 1 aromatic carbocycles. The number of nitrogens with one attached hydrogen (secondary N) is 1. The van der Waals surface area contributed by atoms with Gasteiger partial charge in [-0.3, -0.25) is 0 Å². The molecule has 3 rings (SSSR count). The summed E-state index contributed by atoms with van der Waals surface area (Å²) in [6, 6.07) is 8.09. The lowest BCUT2D eigenvalue weighted by atomic mass is 10.1. The number of nitrogens with zero attached hydrogens (tertiary/aromatic N) is 3. The fourth-order valence-electron chi connectivity index (χ4n) is 3.40. The van der Waals surface area contributed by atoms with E-state index >= 15 is 0 Å². The maximum atomic E-state index is 6.56. The third-order valence-corrected chi connectivity index (χ3v) is 5.12. The molecule has 0 spiro atoms. The molecule has 0 atom stereocenters. The Labute approximate surface area is 161 Å². The monoisotopic (exact) mass is 372 g/mol. The van der Waals surface area contributed by atoms with Gasteiger partial charge in [-0.25, -0.2) is 9.97 Å². The summed E-state index contributed by atoms with van der Waals surface area (Å²) in [4.78, 5) is 12.8. The van der Waals surface area contributed by atoms with Gasteiger partial charge >= 0.3 is 0 Å².